The van der Waals surface area contributed by atoms with Gasteiger partial charge in [0.05, 0.1) is 0 Å². The van der Waals surface area contributed by atoms with E-state index >= 15 is 0 Å². The van der Waals surface area contributed by atoms with Gasteiger partial charge < -0.3 is 8.33 Å². The van der Waals surface area contributed by atoms with Gasteiger partial charge in [-0.1, -0.05) is 20.8 Å². The van der Waals surface area contributed by atoms with Crippen LogP contribution in [0.15, 0.2) is 0 Å². The number of rotatable bonds is 2. The molecule has 11 heavy (non-hydrogen) atoms. The molecule has 1 saturated carbocycles. The number of hydrogen-bond donors (Lipinski definition) is 0. The molecule has 2 N–H and O–H groups in total. The van der Waals surface area contributed by atoms with Crippen molar-refractivity contribution in [2.24, 2.45) is 17.8 Å². The van der Waals surface area contributed by atoms with Crippen LogP contribution in [-0.2, 0) is 0 Å². The van der Waals surface area contributed by atoms with Crippen LogP contribution in [0.3, 0.4) is 0 Å². The maximum Gasteiger partial charge on any atom is 2.00 e. The molecule has 0 heterocycles. The Kier molecular flexibility index (Phi) is 9.54. The molecule has 0 aromatic carbocycles. The Hall–Kier alpha value is 1.53. The first-order chi connectivity index (χ1) is 4.18. The van der Waals surface area contributed by atoms with Crippen molar-refractivity contribution >= 4 is 48.9 Å². The molecule has 1 aliphatic carbocycles. The number of hydrogen-bond acceptors (Lipinski definition) is 0. The zero-order chi connectivity index (χ0) is 6.85. The minimum atomic E-state index is 0. The van der Waals surface area contributed by atoms with Crippen LogP contribution in [0.25, 0.3) is 0 Å². The van der Waals surface area contributed by atoms with Crippen molar-refractivity contribution < 1.29 is 8.33 Å². The summed E-state index contributed by atoms with van der Waals surface area (Å²) < 4.78 is 0. The Morgan fingerprint density at radius 2 is 1.82 bits per heavy atom. The molecule has 0 amide bonds. The second kappa shape index (κ2) is 6.99. The Bertz CT molecular complexity index is 95.6. The second-order valence-corrected chi connectivity index (χ2v) is 4.07. The fourth-order valence-electron chi connectivity index (χ4n) is 1.93. The third-order valence-electron chi connectivity index (χ3n) is 2.28. The van der Waals surface area contributed by atoms with Crippen molar-refractivity contribution in [2.75, 3.05) is 0 Å². The van der Waals surface area contributed by atoms with E-state index in [1.54, 1.807) is 0 Å². The Morgan fingerprint density at radius 3 is 2.09 bits per heavy atom. The molecule has 0 saturated heterocycles. The van der Waals surface area contributed by atoms with Crippen LogP contribution < -0.4 is 0 Å². The summed E-state index contributed by atoms with van der Waals surface area (Å²) in [7, 11) is 0. The van der Waals surface area contributed by atoms with Gasteiger partial charge in [-0.2, -0.15) is 0 Å². The van der Waals surface area contributed by atoms with Crippen molar-refractivity contribution in [2.45, 2.75) is 40.0 Å². The molecular formula is C9H22BaO. The summed E-state index contributed by atoms with van der Waals surface area (Å²) in [5.41, 5.74) is 0. The monoisotopic (exact) mass is 284 g/mol. The maximum absolute atomic E-state index is 2.36. The van der Waals surface area contributed by atoms with E-state index in [4.69, 9.17) is 0 Å². The summed E-state index contributed by atoms with van der Waals surface area (Å²) in [6, 6.07) is 0. The zero-order valence-corrected chi connectivity index (χ0v) is 12.5. The van der Waals surface area contributed by atoms with Gasteiger partial charge in [-0.15, -0.1) is 0 Å². The van der Waals surface area contributed by atoms with E-state index in [1.165, 1.54) is 19.3 Å². The molecule has 2 heteroatoms. The second-order valence-electron chi connectivity index (χ2n) is 4.07. The van der Waals surface area contributed by atoms with Gasteiger partial charge in [-0.05, 0) is 37.0 Å². The van der Waals surface area contributed by atoms with Crippen LogP contribution in [0.1, 0.15) is 42.9 Å². The zero-order valence-electron chi connectivity index (χ0n) is 10.1. The molecule has 1 rings (SSSR count). The molecule has 1 fully saturated rings. The molecule has 0 spiro atoms. The van der Waals surface area contributed by atoms with Crippen LogP contribution in [0.2, 0.25) is 0 Å². The van der Waals surface area contributed by atoms with Crippen LogP contribution in [0.5, 0.6) is 0 Å². The molecule has 0 aromatic rings. The van der Waals surface area contributed by atoms with E-state index < -0.39 is 0 Å². The van der Waals surface area contributed by atoms with Gasteiger partial charge in [0.25, 0.3) is 0 Å². The standard InChI is InChI=1S/C9H18.Ba.H2O.2H/c1-7(2)4-9-5-8(3)6-9;;;;/h7-9H,4-6H2,1-3H3;;1H2;;/q;+2;;2*-1. The smallest absolute Gasteiger partial charge is 1.00 e. The van der Waals surface area contributed by atoms with E-state index in [1.807, 2.05) is 0 Å². The molecule has 1 aliphatic rings. The Balaban J connectivity index is -0.000000101. The third kappa shape index (κ3) is 5.72. The van der Waals surface area contributed by atoms with E-state index in [-0.39, 0.29) is 57.2 Å². The van der Waals surface area contributed by atoms with Gasteiger partial charge in [-0.3, -0.25) is 0 Å². The molecule has 0 atom stereocenters. The summed E-state index contributed by atoms with van der Waals surface area (Å²) in [6.07, 6.45) is 4.46. The van der Waals surface area contributed by atoms with Crippen molar-refractivity contribution in [3.05, 3.63) is 0 Å². The maximum atomic E-state index is 2.36. The summed E-state index contributed by atoms with van der Waals surface area (Å²) >= 11 is 0. The van der Waals surface area contributed by atoms with Crippen molar-refractivity contribution in [1.29, 1.82) is 0 Å². The predicted molar refractivity (Wildman–Crippen MR) is 52.9 cm³/mol. The summed E-state index contributed by atoms with van der Waals surface area (Å²) in [5, 5.41) is 0. The third-order valence-corrected chi connectivity index (χ3v) is 2.28. The first-order valence-corrected chi connectivity index (χ1v) is 4.18. The van der Waals surface area contributed by atoms with Crippen molar-refractivity contribution in [3.63, 3.8) is 0 Å². The van der Waals surface area contributed by atoms with E-state index in [9.17, 15) is 0 Å². The topological polar surface area (TPSA) is 31.5 Å². The average molecular weight is 284 g/mol. The van der Waals surface area contributed by atoms with Crippen molar-refractivity contribution in [1.82, 2.24) is 0 Å². The van der Waals surface area contributed by atoms with Gasteiger partial charge >= 0.3 is 48.9 Å². The molecule has 66 valence electrons. The van der Waals surface area contributed by atoms with Gasteiger partial charge in [0, 0.05) is 0 Å². The average Bonchev–Trinajstić information content (AvgIpc) is 1.60. The molecule has 0 unspecified atom stereocenters. The normalized spacial score (nSPS) is 28.4. The molecule has 1 nitrogen and oxygen atoms in total. The van der Waals surface area contributed by atoms with E-state index in [2.05, 4.69) is 20.8 Å². The largest absolute Gasteiger partial charge is 2.00 e. The Morgan fingerprint density at radius 1 is 1.36 bits per heavy atom. The molecule has 0 bridgehead atoms. The van der Waals surface area contributed by atoms with Crippen molar-refractivity contribution in [3.8, 4) is 0 Å². The summed E-state index contributed by atoms with van der Waals surface area (Å²) in [4.78, 5) is 0. The van der Waals surface area contributed by atoms with Gasteiger partial charge in [0.15, 0.2) is 0 Å². The van der Waals surface area contributed by atoms with Crippen LogP contribution in [0, 0.1) is 17.8 Å². The molecule has 0 radical (unpaired) electrons. The van der Waals surface area contributed by atoms with Crippen LogP contribution in [-0.4, -0.2) is 54.4 Å². The van der Waals surface area contributed by atoms with Crippen LogP contribution in [0.4, 0.5) is 0 Å². The first-order valence-electron chi connectivity index (χ1n) is 4.18. The first kappa shape index (κ1) is 15.0. The summed E-state index contributed by atoms with van der Waals surface area (Å²) in [5.74, 6) is 3.04. The van der Waals surface area contributed by atoms with Gasteiger partial charge in [0.1, 0.15) is 0 Å². The molecular weight excluding hydrogens is 261 g/mol. The van der Waals surface area contributed by atoms with Gasteiger partial charge in [0.2, 0.25) is 0 Å². The van der Waals surface area contributed by atoms with E-state index in [0.717, 1.165) is 17.8 Å². The Labute approximate surface area is 114 Å². The van der Waals surface area contributed by atoms with Gasteiger partial charge in [-0.25, -0.2) is 0 Å². The minimum absolute atomic E-state index is 0. The van der Waals surface area contributed by atoms with E-state index in [0.29, 0.717) is 0 Å². The quantitative estimate of drug-likeness (QED) is 0.695. The van der Waals surface area contributed by atoms with Crippen LogP contribution >= 0.6 is 0 Å². The predicted octanol–water partition coefficient (Wildman–Crippen LogP) is 2.10. The minimum Gasteiger partial charge on any atom is -1.00 e. The fraction of sp³-hybridized carbons (Fsp3) is 1.00. The summed E-state index contributed by atoms with van der Waals surface area (Å²) in [6.45, 7) is 7.00. The molecule has 0 aromatic heterocycles. The molecule has 0 aliphatic heterocycles. The fourth-order valence-corrected chi connectivity index (χ4v) is 1.93. The SMILES string of the molecule is CC(C)CC1CC(C)C1.O.[Ba+2].[H-].[H-].